The molecule has 1 unspecified atom stereocenters. The fraction of sp³-hybridized carbons (Fsp3) is 0.238. The molecule has 1 atom stereocenters. The zero-order valence-corrected chi connectivity index (χ0v) is 16.2. The van der Waals surface area contributed by atoms with Gasteiger partial charge in [-0.05, 0) is 35.4 Å². The Kier molecular flexibility index (Phi) is 7.03. The van der Waals surface area contributed by atoms with Crippen LogP contribution in [-0.2, 0) is 4.79 Å². The van der Waals surface area contributed by atoms with Crippen LogP contribution >= 0.6 is 0 Å². The molecule has 0 bridgehead atoms. The second kappa shape index (κ2) is 9.45. The third-order valence-electron chi connectivity index (χ3n) is 3.98. The van der Waals surface area contributed by atoms with E-state index >= 15 is 0 Å². The number of amides is 1. The van der Waals surface area contributed by atoms with Crippen LogP contribution in [0.2, 0.25) is 0 Å². The molecule has 0 aromatic heterocycles. The molecule has 0 radical (unpaired) electrons. The summed E-state index contributed by atoms with van der Waals surface area (Å²) in [5.41, 5.74) is 0.746. The van der Waals surface area contributed by atoms with Crippen LogP contribution in [0.3, 0.4) is 0 Å². The van der Waals surface area contributed by atoms with Gasteiger partial charge in [0.2, 0.25) is 17.1 Å². The van der Waals surface area contributed by atoms with Crippen LogP contribution in [0.25, 0.3) is 6.08 Å². The van der Waals surface area contributed by atoms with Gasteiger partial charge in [0, 0.05) is 6.92 Å². The van der Waals surface area contributed by atoms with Crippen molar-refractivity contribution in [2.75, 3.05) is 21.3 Å². The molecule has 0 saturated heterocycles. The van der Waals surface area contributed by atoms with Crippen LogP contribution in [-0.4, -0.2) is 32.3 Å². The Morgan fingerprint density at radius 1 is 1.07 bits per heavy atom. The number of hydrogen-bond donors (Lipinski definition) is 2. The van der Waals surface area contributed by atoms with Crippen LogP contribution < -0.4 is 25.0 Å². The Morgan fingerprint density at radius 3 is 2.25 bits per heavy atom. The molecule has 28 heavy (non-hydrogen) atoms. The third-order valence-corrected chi connectivity index (χ3v) is 3.98. The summed E-state index contributed by atoms with van der Waals surface area (Å²) < 4.78 is 16.0. The minimum atomic E-state index is -0.573. The highest BCUT2D eigenvalue weighted by Crippen LogP contribution is 2.38. The van der Waals surface area contributed by atoms with Crippen LogP contribution in [0, 0.1) is 0 Å². The van der Waals surface area contributed by atoms with Gasteiger partial charge in [0.25, 0.3) is 0 Å². The molecule has 1 amide bonds. The first kappa shape index (κ1) is 20.8. The Labute approximate surface area is 163 Å². The zero-order valence-electron chi connectivity index (χ0n) is 16.2. The first-order valence-corrected chi connectivity index (χ1v) is 8.48. The highest BCUT2D eigenvalue weighted by molar-refractivity contribution is 5.74. The number of carbonyl (C=O) groups excluding carboxylic acids is 1. The van der Waals surface area contributed by atoms with Gasteiger partial charge in [-0.1, -0.05) is 24.3 Å². The third kappa shape index (κ3) is 5.03. The molecule has 7 nitrogen and oxygen atoms in total. The van der Waals surface area contributed by atoms with E-state index in [2.05, 4.69) is 5.32 Å². The number of carbonyl (C=O) groups is 1. The lowest BCUT2D eigenvalue weighted by Crippen LogP contribution is -2.24. The van der Waals surface area contributed by atoms with Gasteiger partial charge >= 0.3 is 0 Å². The lowest BCUT2D eigenvalue weighted by molar-refractivity contribution is -0.119. The molecule has 2 aromatic rings. The number of aromatic hydroxyl groups is 1. The normalized spacial score (nSPS) is 11.7. The molecule has 0 fully saturated rings. The number of rotatable bonds is 7. The predicted molar refractivity (Wildman–Crippen MR) is 106 cm³/mol. The summed E-state index contributed by atoms with van der Waals surface area (Å²) in [6, 6.07) is 8.75. The van der Waals surface area contributed by atoms with Gasteiger partial charge in [0.05, 0.1) is 27.4 Å². The predicted octanol–water partition coefficient (Wildman–Crippen LogP) is 2.67. The van der Waals surface area contributed by atoms with E-state index in [0.29, 0.717) is 22.8 Å². The van der Waals surface area contributed by atoms with Gasteiger partial charge in [-0.2, -0.15) is 0 Å². The molecule has 2 N–H and O–H groups in total. The van der Waals surface area contributed by atoms with Gasteiger partial charge in [0.1, 0.15) is 0 Å². The van der Waals surface area contributed by atoms with E-state index in [4.69, 9.17) is 14.2 Å². The summed E-state index contributed by atoms with van der Waals surface area (Å²) >= 11 is 0. The first-order valence-electron chi connectivity index (χ1n) is 8.48. The number of nitrogens with one attached hydrogen (secondary N) is 1. The largest absolute Gasteiger partial charge is 0.504 e. The minimum absolute atomic E-state index is 0.261. The van der Waals surface area contributed by atoms with Crippen molar-refractivity contribution in [1.29, 1.82) is 0 Å². The second-order valence-electron chi connectivity index (χ2n) is 5.92. The quantitative estimate of drug-likeness (QED) is 0.761. The Hall–Kier alpha value is -3.48. The summed E-state index contributed by atoms with van der Waals surface area (Å²) in [6.07, 6.45) is 3.50. The molecule has 0 saturated carbocycles. The van der Waals surface area contributed by atoms with Gasteiger partial charge < -0.3 is 24.6 Å². The summed E-state index contributed by atoms with van der Waals surface area (Å²) in [5, 5.41) is 12.4. The average Bonchev–Trinajstić information content (AvgIpc) is 2.84. The fourth-order valence-electron chi connectivity index (χ4n) is 2.67. The van der Waals surface area contributed by atoms with Gasteiger partial charge in [-0.15, -0.1) is 0 Å². The van der Waals surface area contributed by atoms with E-state index in [0.717, 1.165) is 5.56 Å². The van der Waals surface area contributed by atoms with Gasteiger partial charge in [-0.3, -0.25) is 9.59 Å². The molecule has 148 valence electrons. The van der Waals surface area contributed by atoms with E-state index < -0.39 is 11.5 Å². The van der Waals surface area contributed by atoms with Crippen LogP contribution in [0.1, 0.15) is 24.1 Å². The molecule has 0 aliphatic heterocycles. The molecule has 0 aliphatic rings. The number of hydrogen-bond acceptors (Lipinski definition) is 6. The summed E-state index contributed by atoms with van der Waals surface area (Å²) in [4.78, 5) is 23.5. The van der Waals surface area contributed by atoms with Crippen LogP contribution in [0.5, 0.6) is 23.0 Å². The molecule has 7 heteroatoms. The van der Waals surface area contributed by atoms with E-state index in [1.165, 1.54) is 40.4 Å². The molecule has 2 rings (SSSR count). The Bertz CT molecular complexity index is 913. The van der Waals surface area contributed by atoms with E-state index in [9.17, 15) is 14.7 Å². The average molecular weight is 385 g/mol. The Morgan fingerprint density at radius 2 is 1.71 bits per heavy atom. The monoisotopic (exact) mass is 385 g/mol. The maximum atomic E-state index is 11.9. The second-order valence-corrected chi connectivity index (χ2v) is 5.92. The summed E-state index contributed by atoms with van der Waals surface area (Å²) in [6.45, 7) is 1.39. The molecular formula is C21H23NO6. The number of benzene rings is 1. The topological polar surface area (TPSA) is 94.1 Å². The van der Waals surface area contributed by atoms with Crippen molar-refractivity contribution >= 4 is 12.0 Å². The fourth-order valence-corrected chi connectivity index (χ4v) is 2.67. The summed E-state index contributed by atoms with van der Waals surface area (Å²) in [7, 11) is 4.57. The highest BCUT2D eigenvalue weighted by Gasteiger charge is 2.14. The lowest BCUT2D eigenvalue weighted by Gasteiger charge is -2.15. The van der Waals surface area contributed by atoms with E-state index in [1.807, 2.05) is 0 Å². The van der Waals surface area contributed by atoms with Crippen molar-refractivity contribution in [2.45, 2.75) is 13.0 Å². The maximum Gasteiger partial charge on any atom is 0.220 e. The van der Waals surface area contributed by atoms with Crippen molar-refractivity contribution in [3.05, 3.63) is 63.8 Å². The van der Waals surface area contributed by atoms with E-state index in [-0.39, 0.29) is 11.7 Å². The van der Waals surface area contributed by atoms with Gasteiger partial charge in [-0.25, -0.2) is 0 Å². The molecular weight excluding hydrogens is 362 g/mol. The standard InChI is InChI=1S/C21H23NO6/c1-13(23)22-16(15-6-5-7-17(24)18(25)12-15)9-8-14-10-19(26-2)21(28-4)20(11-14)27-3/h5-12,16H,1-4H3,(H,22,23)(H,24,25). The smallest absolute Gasteiger partial charge is 0.220 e. The summed E-state index contributed by atoms with van der Waals surface area (Å²) in [5.74, 6) is 0.845. The van der Waals surface area contributed by atoms with Crippen molar-refractivity contribution in [2.24, 2.45) is 0 Å². The van der Waals surface area contributed by atoms with Crippen molar-refractivity contribution in [3.63, 3.8) is 0 Å². The molecule has 0 heterocycles. The van der Waals surface area contributed by atoms with Crippen LogP contribution in [0.4, 0.5) is 0 Å². The van der Waals surface area contributed by atoms with Gasteiger partial charge in [0.15, 0.2) is 17.2 Å². The van der Waals surface area contributed by atoms with Crippen LogP contribution in [0.15, 0.2) is 47.3 Å². The molecule has 2 aromatic carbocycles. The highest BCUT2D eigenvalue weighted by atomic mass is 16.5. The first-order chi connectivity index (χ1) is 13.4. The van der Waals surface area contributed by atoms with Crippen molar-refractivity contribution < 1.29 is 24.1 Å². The maximum absolute atomic E-state index is 11.9. The zero-order chi connectivity index (χ0) is 20.7. The Balaban J connectivity index is 2.47. The van der Waals surface area contributed by atoms with Crippen molar-refractivity contribution in [1.82, 2.24) is 5.32 Å². The minimum Gasteiger partial charge on any atom is -0.504 e. The van der Waals surface area contributed by atoms with E-state index in [1.54, 1.807) is 36.4 Å². The van der Waals surface area contributed by atoms with Crippen molar-refractivity contribution in [3.8, 4) is 23.0 Å². The SMILES string of the molecule is COc1cc(C=CC(NC(C)=O)c2cccc(O)c(=O)c2)cc(OC)c1OC. The molecule has 0 spiro atoms. The lowest BCUT2D eigenvalue weighted by atomic mass is 10.1. The molecule has 0 aliphatic carbocycles. The number of methoxy groups -OCH3 is 3. The number of ether oxygens (including phenoxy) is 3.